The molecule has 1 aliphatic rings. The third-order valence-electron chi connectivity index (χ3n) is 3.89. The molecule has 2 N–H and O–H groups in total. The van der Waals surface area contributed by atoms with E-state index in [0.717, 1.165) is 31.5 Å². The lowest BCUT2D eigenvalue weighted by atomic mass is 10.1. The van der Waals surface area contributed by atoms with Crippen LogP contribution in [0.3, 0.4) is 0 Å². The van der Waals surface area contributed by atoms with Crippen LogP contribution >= 0.6 is 0 Å². The van der Waals surface area contributed by atoms with Gasteiger partial charge in [-0.1, -0.05) is 30.3 Å². The van der Waals surface area contributed by atoms with Crippen LogP contribution in [0.4, 0.5) is 0 Å². The van der Waals surface area contributed by atoms with Gasteiger partial charge in [-0.3, -0.25) is 0 Å². The zero-order valence-electron chi connectivity index (χ0n) is 12.3. The monoisotopic (exact) mass is 278 g/mol. The first-order valence-corrected chi connectivity index (χ1v) is 7.47. The van der Waals surface area contributed by atoms with Crippen LogP contribution in [0.2, 0.25) is 0 Å². The third kappa shape index (κ3) is 5.21. The number of hydrogen-bond donors (Lipinski definition) is 2. The summed E-state index contributed by atoms with van der Waals surface area (Å²) >= 11 is 0. The van der Waals surface area contributed by atoms with Crippen LogP contribution in [0.15, 0.2) is 30.3 Å². The van der Waals surface area contributed by atoms with Crippen molar-refractivity contribution in [3.05, 3.63) is 35.9 Å². The number of piperidine rings is 1. The van der Waals surface area contributed by atoms with Gasteiger partial charge in [0.1, 0.15) is 0 Å². The molecule has 20 heavy (non-hydrogen) atoms. The van der Waals surface area contributed by atoms with Crippen LogP contribution in [-0.4, -0.2) is 55.4 Å². The predicted octanol–water partition coefficient (Wildman–Crippen LogP) is 1.25. The molecule has 1 heterocycles. The van der Waals surface area contributed by atoms with Gasteiger partial charge in [-0.2, -0.15) is 0 Å². The maximum Gasteiger partial charge on any atom is 0.0900 e. The fraction of sp³-hybridized carbons (Fsp3) is 0.625. The Hall–Kier alpha value is -0.940. The molecule has 2 rings (SSSR count). The van der Waals surface area contributed by atoms with E-state index in [1.165, 1.54) is 0 Å². The van der Waals surface area contributed by atoms with Crippen molar-refractivity contribution in [1.82, 2.24) is 10.2 Å². The van der Waals surface area contributed by atoms with Gasteiger partial charge in [0.2, 0.25) is 0 Å². The Morgan fingerprint density at radius 3 is 2.65 bits per heavy atom. The molecular weight excluding hydrogens is 252 g/mol. The third-order valence-corrected chi connectivity index (χ3v) is 3.89. The first-order valence-electron chi connectivity index (χ1n) is 7.47. The zero-order valence-corrected chi connectivity index (χ0v) is 12.3. The summed E-state index contributed by atoms with van der Waals surface area (Å²) in [4.78, 5) is 2.32. The number of likely N-dealkylation sites (tertiary alicyclic amines) is 1. The van der Waals surface area contributed by atoms with Gasteiger partial charge >= 0.3 is 0 Å². The first kappa shape index (κ1) is 15.4. The standard InChI is InChI=1S/C16H26N2O2/c1-17-15-7-9-18(10-8-15)11-16(19)13-20-12-14-5-3-2-4-6-14/h2-6,15-17,19H,7-13H2,1H3. The van der Waals surface area contributed by atoms with E-state index < -0.39 is 6.10 Å². The molecule has 4 heteroatoms. The minimum Gasteiger partial charge on any atom is -0.389 e. The van der Waals surface area contributed by atoms with Gasteiger partial charge in [-0.25, -0.2) is 0 Å². The van der Waals surface area contributed by atoms with E-state index >= 15 is 0 Å². The van der Waals surface area contributed by atoms with Crippen LogP contribution in [0, 0.1) is 0 Å². The molecule has 0 radical (unpaired) electrons. The minimum absolute atomic E-state index is 0.398. The highest BCUT2D eigenvalue weighted by Gasteiger charge is 2.19. The van der Waals surface area contributed by atoms with Crippen LogP contribution in [-0.2, 0) is 11.3 Å². The lowest BCUT2D eigenvalue weighted by Crippen LogP contribution is -2.44. The molecule has 1 fully saturated rings. The summed E-state index contributed by atoms with van der Waals surface area (Å²) in [5.74, 6) is 0. The van der Waals surface area contributed by atoms with E-state index in [9.17, 15) is 5.11 Å². The lowest BCUT2D eigenvalue weighted by molar-refractivity contribution is 0.00582. The maximum absolute atomic E-state index is 10.0. The topological polar surface area (TPSA) is 44.7 Å². The maximum atomic E-state index is 10.0. The van der Waals surface area contributed by atoms with Crippen molar-refractivity contribution in [2.24, 2.45) is 0 Å². The number of aliphatic hydroxyl groups is 1. The number of ether oxygens (including phenoxy) is 1. The van der Waals surface area contributed by atoms with E-state index in [0.29, 0.717) is 25.8 Å². The van der Waals surface area contributed by atoms with Crippen molar-refractivity contribution < 1.29 is 9.84 Å². The Morgan fingerprint density at radius 2 is 2.00 bits per heavy atom. The number of hydrogen-bond acceptors (Lipinski definition) is 4. The van der Waals surface area contributed by atoms with Crippen molar-refractivity contribution in [3.8, 4) is 0 Å². The van der Waals surface area contributed by atoms with Crippen LogP contribution < -0.4 is 5.32 Å². The zero-order chi connectivity index (χ0) is 14.2. The molecule has 112 valence electrons. The van der Waals surface area contributed by atoms with E-state index in [-0.39, 0.29) is 0 Å². The molecule has 1 unspecified atom stereocenters. The summed E-state index contributed by atoms with van der Waals surface area (Å²) in [5, 5.41) is 13.3. The fourth-order valence-corrected chi connectivity index (χ4v) is 2.64. The molecule has 0 bridgehead atoms. The summed E-state index contributed by atoms with van der Waals surface area (Å²) in [7, 11) is 2.02. The molecule has 0 spiro atoms. The van der Waals surface area contributed by atoms with Gasteiger partial charge in [0.05, 0.1) is 19.3 Å². The van der Waals surface area contributed by atoms with E-state index in [1.54, 1.807) is 0 Å². The Bertz CT molecular complexity index is 364. The van der Waals surface area contributed by atoms with Gasteiger partial charge in [-0.05, 0) is 38.5 Å². The van der Waals surface area contributed by atoms with Gasteiger partial charge < -0.3 is 20.1 Å². The van der Waals surface area contributed by atoms with E-state index in [1.807, 2.05) is 37.4 Å². The Labute approximate surface area is 121 Å². The molecule has 0 aromatic heterocycles. The quantitative estimate of drug-likeness (QED) is 0.788. The number of benzene rings is 1. The summed E-state index contributed by atoms with van der Waals surface area (Å²) in [6.45, 7) is 3.80. The number of nitrogens with one attached hydrogen (secondary N) is 1. The first-order chi connectivity index (χ1) is 9.78. The number of nitrogens with zero attached hydrogens (tertiary/aromatic N) is 1. The lowest BCUT2D eigenvalue weighted by Gasteiger charge is -2.32. The second-order valence-corrected chi connectivity index (χ2v) is 5.52. The van der Waals surface area contributed by atoms with Gasteiger partial charge in [0.15, 0.2) is 0 Å². The summed E-state index contributed by atoms with van der Waals surface area (Å²) in [6.07, 6.45) is 1.92. The smallest absolute Gasteiger partial charge is 0.0900 e. The molecule has 1 aliphatic heterocycles. The van der Waals surface area contributed by atoms with Crippen LogP contribution in [0.1, 0.15) is 18.4 Å². The highest BCUT2D eigenvalue weighted by atomic mass is 16.5. The molecule has 1 saturated heterocycles. The second kappa shape index (κ2) is 8.37. The minimum atomic E-state index is -0.398. The Balaban J connectivity index is 1.60. The van der Waals surface area contributed by atoms with Gasteiger partial charge in [-0.15, -0.1) is 0 Å². The summed E-state index contributed by atoms with van der Waals surface area (Å²) in [6, 6.07) is 10.7. The summed E-state index contributed by atoms with van der Waals surface area (Å²) in [5.41, 5.74) is 1.15. The molecule has 0 amide bonds. The van der Waals surface area contributed by atoms with Crippen molar-refractivity contribution in [2.75, 3.05) is 33.3 Å². The van der Waals surface area contributed by atoms with Crippen LogP contribution in [0.25, 0.3) is 0 Å². The average molecular weight is 278 g/mol. The normalized spacial score (nSPS) is 19.1. The highest BCUT2D eigenvalue weighted by molar-refractivity contribution is 5.13. The van der Waals surface area contributed by atoms with Gasteiger partial charge in [0.25, 0.3) is 0 Å². The van der Waals surface area contributed by atoms with Crippen LogP contribution in [0.5, 0.6) is 0 Å². The molecule has 0 saturated carbocycles. The predicted molar refractivity (Wildman–Crippen MR) is 80.6 cm³/mol. The van der Waals surface area contributed by atoms with Crippen molar-refractivity contribution in [2.45, 2.75) is 31.6 Å². The number of aliphatic hydroxyl groups excluding tert-OH is 1. The van der Waals surface area contributed by atoms with Gasteiger partial charge in [0, 0.05) is 12.6 Å². The van der Waals surface area contributed by atoms with Crippen molar-refractivity contribution >= 4 is 0 Å². The largest absolute Gasteiger partial charge is 0.389 e. The van der Waals surface area contributed by atoms with Crippen molar-refractivity contribution in [1.29, 1.82) is 0 Å². The SMILES string of the molecule is CNC1CCN(CC(O)COCc2ccccc2)CC1. The number of β-amino-alcohol motifs (C(OH)–C–C–N with tert-alkyl or cyclic N) is 1. The second-order valence-electron chi connectivity index (χ2n) is 5.52. The highest BCUT2D eigenvalue weighted by Crippen LogP contribution is 2.10. The Kier molecular flexibility index (Phi) is 6.47. The molecule has 1 atom stereocenters. The summed E-state index contributed by atoms with van der Waals surface area (Å²) < 4.78 is 5.58. The molecule has 1 aromatic carbocycles. The fourth-order valence-electron chi connectivity index (χ4n) is 2.64. The Morgan fingerprint density at radius 1 is 1.30 bits per heavy atom. The number of rotatable bonds is 7. The molecule has 0 aliphatic carbocycles. The van der Waals surface area contributed by atoms with Crippen molar-refractivity contribution in [3.63, 3.8) is 0 Å². The molecule has 1 aromatic rings. The van der Waals surface area contributed by atoms with E-state index in [4.69, 9.17) is 4.74 Å². The molecule has 4 nitrogen and oxygen atoms in total. The molecular formula is C16H26N2O2. The van der Waals surface area contributed by atoms with E-state index in [2.05, 4.69) is 10.2 Å². The average Bonchev–Trinajstić information content (AvgIpc) is 2.49.